The Bertz CT molecular complexity index is 1370. The molecule has 4 rings (SSSR count). The highest BCUT2D eigenvalue weighted by molar-refractivity contribution is 5.83. The van der Waals surface area contributed by atoms with E-state index in [0.29, 0.717) is 39.6 Å². The van der Waals surface area contributed by atoms with Gasteiger partial charge >= 0.3 is 6.18 Å². The molecule has 0 N–H and O–H groups in total. The Balaban J connectivity index is 1.98. The molecule has 0 aliphatic carbocycles. The Kier molecular flexibility index (Phi) is 7.07. The van der Waals surface area contributed by atoms with Crippen LogP contribution in [0.15, 0.2) is 48.5 Å². The first-order valence-electron chi connectivity index (χ1n) is 11.1. The van der Waals surface area contributed by atoms with Crippen molar-refractivity contribution in [1.29, 1.82) is 0 Å². The van der Waals surface area contributed by atoms with E-state index in [0.717, 1.165) is 10.6 Å². The van der Waals surface area contributed by atoms with Gasteiger partial charge in [0, 0.05) is 12.7 Å². The fourth-order valence-electron chi connectivity index (χ4n) is 3.91. The molecule has 0 aliphatic rings. The molecule has 0 radical (unpaired) electrons. The minimum atomic E-state index is -4.68. The third-order valence-corrected chi connectivity index (χ3v) is 5.43. The summed E-state index contributed by atoms with van der Waals surface area (Å²) in [5, 5.41) is 4.24. The lowest BCUT2D eigenvalue weighted by molar-refractivity contribution is -0.142. The highest BCUT2D eigenvalue weighted by atomic mass is 19.4. The van der Waals surface area contributed by atoms with E-state index in [-0.39, 0.29) is 24.1 Å². The summed E-state index contributed by atoms with van der Waals surface area (Å²) in [4.78, 5) is 4.62. The smallest absolute Gasteiger partial charge is 0.433 e. The fraction of sp³-hybridized carbons (Fsp3) is 0.308. The van der Waals surface area contributed by atoms with Crippen molar-refractivity contribution in [1.82, 2.24) is 14.6 Å². The number of rotatable bonds is 8. The van der Waals surface area contributed by atoms with Gasteiger partial charge in [0.1, 0.15) is 5.75 Å². The number of hydrogen-bond acceptors (Lipinski definition) is 6. The topological polar surface area (TPSA) is 67.1 Å². The van der Waals surface area contributed by atoms with Gasteiger partial charge in [0.15, 0.2) is 22.8 Å². The standard InChI is InChI=1S/C26H26F3N3O4/c1-15(2)36-18-9-6-16(7-10-18)19-13-23(26(27,28)29)32-25(30-19)24(20(31-32)14-33-3)17-8-11-21(34-4)22(12-17)35-5/h6-13,15H,14H2,1-5H3. The number of halogens is 3. The lowest BCUT2D eigenvalue weighted by Gasteiger charge is -2.13. The summed E-state index contributed by atoms with van der Waals surface area (Å²) in [7, 11) is 4.44. The molecule has 2 aromatic heterocycles. The molecular weight excluding hydrogens is 475 g/mol. The number of aromatic nitrogens is 3. The van der Waals surface area contributed by atoms with Crippen LogP contribution in [-0.2, 0) is 17.5 Å². The van der Waals surface area contributed by atoms with Gasteiger partial charge < -0.3 is 18.9 Å². The average Bonchev–Trinajstić information content (AvgIpc) is 3.20. The lowest BCUT2D eigenvalue weighted by Crippen LogP contribution is -2.14. The molecule has 0 spiro atoms. The molecule has 0 saturated carbocycles. The molecule has 36 heavy (non-hydrogen) atoms. The molecule has 0 aliphatic heterocycles. The zero-order valence-corrected chi connectivity index (χ0v) is 20.5. The van der Waals surface area contributed by atoms with E-state index in [1.807, 2.05) is 13.8 Å². The third-order valence-electron chi connectivity index (χ3n) is 5.43. The van der Waals surface area contributed by atoms with Crippen molar-refractivity contribution in [3.8, 4) is 39.6 Å². The van der Waals surface area contributed by atoms with Crippen molar-refractivity contribution in [3.63, 3.8) is 0 Å². The maximum Gasteiger partial charge on any atom is 0.433 e. The highest BCUT2D eigenvalue weighted by Gasteiger charge is 2.36. The van der Waals surface area contributed by atoms with E-state index in [9.17, 15) is 13.2 Å². The van der Waals surface area contributed by atoms with E-state index < -0.39 is 11.9 Å². The largest absolute Gasteiger partial charge is 0.493 e. The van der Waals surface area contributed by atoms with E-state index >= 15 is 0 Å². The van der Waals surface area contributed by atoms with Gasteiger partial charge in [-0.25, -0.2) is 9.50 Å². The summed E-state index contributed by atoms with van der Waals surface area (Å²) < 4.78 is 65.0. The van der Waals surface area contributed by atoms with Crippen molar-refractivity contribution < 1.29 is 32.1 Å². The van der Waals surface area contributed by atoms with E-state index in [1.54, 1.807) is 42.5 Å². The van der Waals surface area contributed by atoms with Gasteiger partial charge in [-0.3, -0.25) is 0 Å². The first-order valence-corrected chi connectivity index (χ1v) is 11.1. The summed E-state index contributed by atoms with van der Waals surface area (Å²) in [6, 6.07) is 12.8. The highest BCUT2D eigenvalue weighted by Crippen LogP contribution is 2.39. The number of fused-ring (bicyclic) bond motifs is 1. The zero-order valence-electron chi connectivity index (χ0n) is 20.5. The molecule has 2 aromatic carbocycles. The van der Waals surface area contributed by atoms with Crippen LogP contribution in [0, 0.1) is 0 Å². The molecule has 0 fully saturated rings. The molecule has 2 heterocycles. The zero-order chi connectivity index (χ0) is 26.0. The molecular formula is C26H26F3N3O4. The summed E-state index contributed by atoms with van der Waals surface area (Å²) in [6.45, 7) is 3.78. The van der Waals surface area contributed by atoms with Gasteiger partial charge in [-0.1, -0.05) is 6.07 Å². The predicted molar refractivity (Wildman–Crippen MR) is 128 cm³/mol. The van der Waals surface area contributed by atoms with Gasteiger partial charge in [-0.15, -0.1) is 0 Å². The summed E-state index contributed by atoms with van der Waals surface area (Å²) in [6.07, 6.45) is -4.71. The molecule has 0 bridgehead atoms. The minimum Gasteiger partial charge on any atom is -0.493 e. The Morgan fingerprint density at radius 2 is 1.56 bits per heavy atom. The molecule has 7 nitrogen and oxygen atoms in total. The van der Waals surface area contributed by atoms with Crippen LogP contribution in [0.1, 0.15) is 25.2 Å². The number of ether oxygens (including phenoxy) is 4. The number of alkyl halides is 3. The number of hydrogen-bond donors (Lipinski definition) is 0. The second kappa shape index (κ2) is 10.1. The summed E-state index contributed by atoms with van der Waals surface area (Å²) in [5.74, 6) is 1.52. The Labute approximate surface area is 206 Å². The van der Waals surface area contributed by atoms with Crippen molar-refractivity contribution in [3.05, 3.63) is 59.9 Å². The van der Waals surface area contributed by atoms with Crippen molar-refractivity contribution in [2.45, 2.75) is 32.7 Å². The van der Waals surface area contributed by atoms with Crippen LogP contribution in [0.2, 0.25) is 0 Å². The van der Waals surface area contributed by atoms with Gasteiger partial charge in [-0.2, -0.15) is 18.3 Å². The van der Waals surface area contributed by atoms with Crippen molar-refractivity contribution in [2.75, 3.05) is 21.3 Å². The van der Waals surface area contributed by atoms with Crippen LogP contribution in [-0.4, -0.2) is 42.0 Å². The molecule has 4 aromatic rings. The second-order valence-corrected chi connectivity index (χ2v) is 8.28. The third kappa shape index (κ3) is 4.94. The van der Waals surface area contributed by atoms with Crippen molar-refractivity contribution in [2.24, 2.45) is 0 Å². The average molecular weight is 502 g/mol. The van der Waals surface area contributed by atoms with Crippen LogP contribution >= 0.6 is 0 Å². The molecule has 190 valence electrons. The fourth-order valence-corrected chi connectivity index (χ4v) is 3.91. The predicted octanol–water partition coefficient (Wildman–Crippen LogP) is 6.03. The van der Waals surface area contributed by atoms with E-state index in [2.05, 4.69) is 10.1 Å². The normalized spacial score (nSPS) is 11.8. The Morgan fingerprint density at radius 3 is 2.14 bits per heavy atom. The maximum absolute atomic E-state index is 14.2. The summed E-state index contributed by atoms with van der Waals surface area (Å²) >= 11 is 0. The van der Waals surface area contributed by atoms with Crippen LogP contribution in [0.5, 0.6) is 17.2 Å². The number of nitrogens with zero attached hydrogens (tertiary/aromatic N) is 3. The van der Waals surface area contributed by atoms with Crippen LogP contribution < -0.4 is 14.2 Å². The maximum atomic E-state index is 14.2. The Morgan fingerprint density at radius 1 is 0.889 bits per heavy atom. The molecule has 10 heteroatoms. The van der Waals surface area contributed by atoms with Gasteiger partial charge in [-0.05, 0) is 61.9 Å². The SMILES string of the molecule is COCc1nn2c(C(F)(F)F)cc(-c3ccc(OC(C)C)cc3)nc2c1-c1ccc(OC)c(OC)c1. The summed E-state index contributed by atoms with van der Waals surface area (Å²) in [5.41, 5.74) is 1.03. The van der Waals surface area contributed by atoms with Gasteiger partial charge in [0.2, 0.25) is 0 Å². The number of benzene rings is 2. The lowest BCUT2D eigenvalue weighted by atomic mass is 10.0. The first-order chi connectivity index (χ1) is 17.2. The molecule has 0 amide bonds. The molecule has 0 atom stereocenters. The monoisotopic (exact) mass is 501 g/mol. The van der Waals surface area contributed by atoms with Gasteiger partial charge in [0.25, 0.3) is 0 Å². The number of methoxy groups -OCH3 is 3. The second-order valence-electron chi connectivity index (χ2n) is 8.28. The molecule has 0 saturated heterocycles. The van der Waals surface area contributed by atoms with E-state index in [4.69, 9.17) is 18.9 Å². The Hall–Kier alpha value is -3.79. The van der Waals surface area contributed by atoms with Crippen molar-refractivity contribution >= 4 is 5.65 Å². The quantitative estimate of drug-likeness (QED) is 0.294. The van der Waals surface area contributed by atoms with Crippen LogP contribution in [0.4, 0.5) is 13.2 Å². The van der Waals surface area contributed by atoms with Crippen LogP contribution in [0.3, 0.4) is 0 Å². The minimum absolute atomic E-state index is 0.0130. The van der Waals surface area contributed by atoms with Crippen LogP contribution in [0.25, 0.3) is 28.0 Å². The molecule has 0 unspecified atom stereocenters. The van der Waals surface area contributed by atoms with E-state index in [1.165, 1.54) is 21.3 Å². The van der Waals surface area contributed by atoms with Gasteiger partial charge in [0.05, 0.1) is 43.9 Å². The first kappa shape index (κ1) is 25.3.